The first kappa shape index (κ1) is 14.6. The highest BCUT2D eigenvalue weighted by Crippen LogP contribution is 2.38. The number of nitrogens with two attached hydrogens (primary N) is 1. The number of aromatic nitrogens is 4. The highest BCUT2D eigenvalue weighted by Gasteiger charge is 2.23. The second kappa shape index (κ2) is 6.34. The van der Waals surface area contributed by atoms with Crippen molar-refractivity contribution in [3.05, 3.63) is 41.3 Å². The lowest BCUT2D eigenvalue weighted by Gasteiger charge is -2.20. The van der Waals surface area contributed by atoms with Gasteiger partial charge in [0.15, 0.2) is 5.65 Å². The number of phenols is 1. The molecule has 0 unspecified atom stereocenters. The second-order valence-corrected chi connectivity index (χ2v) is 7.59. The first-order valence-corrected chi connectivity index (χ1v) is 9.69. The molecule has 7 heteroatoms. The quantitative estimate of drug-likeness (QED) is 0.540. The molecule has 0 atom stereocenters. The lowest BCUT2D eigenvalue weighted by Crippen LogP contribution is -2.19. The zero-order chi connectivity index (χ0) is 22.8. The fourth-order valence-corrected chi connectivity index (χ4v) is 4.35. The van der Waals surface area contributed by atoms with E-state index >= 15 is 0 Å². The SMILES string of the molecule is [2H]C([2H])([2H])c1nc2c(cc1N1CCCC1)c1c(N)ncnc1n2-c1c(C)ccc(O)c1C. The minimum absolute atomic E-state index is 0.0537. The summed E-state index contributed by atoms with van der Waals surface area (Å²) >= 11 is 0. The number of fused-ring (bicyclic) bond motifs is 3. The molecular formula is C22H24N6O. The summed E-state index contributed by atoms with van der Waals surface area (Å²) in [7, 11) is 0. The summed E-state index contributed by atoms with van der Waals surface area (Å²) in [5, 5.41) is 11.7. The number of nitrogen functional groups attached to an aromatic ring is 1. The number of hydrogen-bond donors (Lipinski definition) is 2. The van der Waals surface area contributed by atoms with Gasteiger partial charge in [-0.3, -0.25) is 4.57 Å². The average Bonchev–Trinajstić information content (AvgIpc) is 3.37. The van der Waals surface area contributed by atoms with Gasteiger partial charge in [-0.2, -0.15) is 0 Å². The molecule has 5 rings (SSSR count). The summed E-state index contributed by atoms with van der Waals surface area (Å²) in [4.78, 5) is 15.4. The Morgan fingerprint density at radius 1 is 1.14 bits per heavy atom. The summed E-state index contributed by atoms with van der Waals surface area (Å²) in [6.07, 6.45) is 3.40. The number of nitrogens with zero attached hydrogens (tertiary/aromatic N) is 5. The van der Waals surface area contributed by atoms with Crippen molar-refractivity contribution in [3.8, 4) is 11.4 Å². The van der Waals surface area contributed by atoms with Crippen molar-refractivity contribution >= 4 is 33.6 Å². The second-order valence-electron chi connectivity index (χ2n) is 7.59. The maximum Gasteiger partial charge on any atom is 0.152 e. The molecule has 0 bridgehead atoms. The van der Waals surface area contributed by atoms with Gasteiger partial charge < -0.3 is 15.7 Å². The Labute approximate surface area is 173 Å². The number of hydrogen-bond acceptors (Lipinski definition) is 6. The van der Waals surface area contributed by atoms with Crippen LogP contribution in [-0.2, 0) is 0 Å². The maximum absolute atomic E-state index is 10.4. The average molecular weight is 391 g/mol. The van der Waals surface area contributed by atoms with Gasteiger partial charge in [0.25, 0.3) is 0 Å². The number of pyridine rings is 1. The minimum Gasteiger partial charge on any atom is -0.508 e. The summed E-state index contributed by atoms with van der Waals surface area (Å²) in [6.45, 7) is 2.90. The summed E-state index contributed by atoms with van der Waals surface area (Å²) in [5.41, 5.74) is 10.1. The van der Waals surface area contributed by atoms with Gasteiger partial charge in [-0.15, -0.1) is 0 Å². The van der Waals surface area contributed by atoms with Gasteiger partial charge >= 0.3 is 0 Å². The standard InChI is InChI=1S/C22H24N6O/c1-12-6-7-17(29)13(2)19(12)28-21-15(18-20(23)24-11-25-22(18)28)10-16(14(3)26-21)27-8-4-5-9-27/h6-7,10-11,29H,4-5,8-9H2,1-3H3,(H2,23,24,25)/i3D3. The van der Waals surface area contributed by atoms with Gasteiger partial charge in [-0.1, -0.05) is 6.07 Å². The van der Waals surface area contributed by atoms with Gasteiger partial charge in [-0.05, 0) is 51.2 Å². The van der Waals surface area contributed by atoms with Crippen LogP contribution in [0.4, 0.5) is 11.5 Å². The molecule has 148 valence electrons. The van der Waals surface area contributed by atoms with E-state index in [0.29, 0.717) is 44.8 Å². The molecule has 7 nitrogen and oxygen atoms in total. The van der Waals surface area contributed by atoms with E-state index in [1.807, 2.05) is 26.0 Å². The van der Waals surface area contributed by atoms with Crippen molar-refractivity contribution in [1.29, 1.82) is 0 Å². The maximum atomic E-state index is 10.4. The molecule has 1 aliphatic heterocycles. The van der Waals surface area contributed by atoms with Crippen molar-refractivity contribution in [2.75, 3.05) is 23.7 Å². The molecule has 1 aromatic carbocycles. The molecule has 0 saturated carbocycles. The molecule has 3 aromatic heterocycles. The number of benzene rings is 1. The summed E-state index contributed by atoms with van der Waals surface area (Å²) in [6, 6.07) is 5.31. The lowest BCUT2D eigenvalue weighted by atomic mass is 10.1. The van der Waals surface area contributed by atoms with Crippen LogP contribution in [0.25, 0.3) is 27.8 Å². The topological polar surface area (TPSA) is 93.1 Å². The van der Waals surface area contributed by atoms with Crippen molar-refractivity contribution < 1.29 is 9.22 Å². The van der Waals surface area contributed by atoms with Crippen LogP contribution >= 0.6 is 0 Å². The van der Waals surface area contributed by atoms with E-state index < -0.39 is 6.85 Å². The number of anilines is 2. The minimum atomic E-state index is -2.40. The van der Waals surface area contributed by atoms with Crippen molar-refractivity contribution in [2.45, 2.75) is 33.5 Å². The number of rotatable bonds is 2. The molecule has 1 aliphatic rings. The van der Waals surface area contributed by atoms with E-state index in [1.54, 1.807) is 10.6 Å². The molecule has 1 fully saturated rings. The van der Waals surface area contributed by atoms with Crippen LogP contribution in [0, 0.1) is 20.7 Å². The van der Waals surface area contributed by atoms with Crippen LogP contribution in [0.3, 0.4) is 0 Å². The first-order valence-electron chi connectivity index (χ1n) is 11.2. The molecule has 0 aliphatic carbocycles. The van der Waals surface area contributed by atoms with Gasteiger partial charge in [0.1, 0.15) is 23.5 Å². The molecular weight excluding hydrogens is 364 g/mol. The van der Waals surface area contributed by atoms with Crippen LogP contribution in [0.15, 0.2) is 24.5 Å². The fourth-order valence-electron chi connectivity index (χ4n) is 4.35. The molecule has 4 aromatic rings. The Morgan fingerprint density at radius 3 is 2.69 bits per heavy atom. The zero-order valence-electron chi connectivity index (χ0n) is 19.4. The van der Waals surface area contributed by atoms with Crippen molar-refractivity contribution in [3.63, 3.8) is 0 Å². The van der Waals surface area contributed by atoms with Gasteiger partial charge in [0, 0.05) is 28.2 Å². The van der Waals surface area contributed by atoms with E-state index in [-0.39, 0.29) is 11.4 Å². The number of aryl methyl sites for hydroxylation is 2. The Balaban J connectivity index is 1.97. The van der Waals surface area contributed by atoms with Crippen LogP contribution < -0.4 is 10.6 Å². The predicted octanol–water partition coefficient (Wildman–Crippen LogP) is 3.78. The van der Waals surface area contributed by atoms with Crippen LogP contribution in [0.5, 0.6) is 5.75 Å². The van der Waals surface area contributed by atoms with Crippen LogP contribution in [-0.4, -0.2) is 37.7 Å². The summed E-state index contributed by atoms with van der Waals surface area (Å²) < 4.78 is 26.3. The number of phenolic OH excluding ortho intramolecular Hbond substituents is 1. The van der Waals surface area contributed by atoms with E-state index in [9.17, 15) is 5.11 Å². The third-order valence-electron chi connectivity index (χ3n) is 5.81. The molecule has 0 amide bonds. The summed E-state index contributed by atoms with van der Waals surface area (Å²) in [5.74, 6) is 0.428. The molecule has 1 saturated heterocycles. The zero-order valence-corrected chi connectivity index (χ0v) is 16.4. The monoisotopic (exact) mass is 391 g/mol. The third-order valence-corrected chi connectivity index (χ3v) is 5.81. The molecule has 4 heterocycles. The third kappa shape index (κ3) is 2.53. The molecule has 3 N–H and O–H groups in total. The highest BCUT2D eigenvalue weighted by molar-refractivity contribution is 6.12. The smallest absolute Gasteiger partial charge is 0.152 e. The van der Waals surface area contributed by atoms with Crippen molar-refractivity contribution in [2.24, 2.45) is 0 Å². The molecule has 29 heavy (non-hydrogen) atoms. The predicted molar refractivity (Wildman–Crippen MR) is 116 cm³/mol. The van der Waals surface area contributed by atoms with E-state index in [0.717, 1.165) is 31.5 Å². The Hall–Kier alpha value is -3.35. The Morgan fingerprint density at radius 2 is 1.93 bits per heavy atom. The van der Waals surface area contributed by atoms with Gasteiger partial charge in [0.05, 0.1) is 22.5 Å². The molecule has 0 radical (unpaired) electrons. The normalized spacial score (nSPS) is 16.3. The fraction of sp³-hybridized carbons (Fsp3) is 0.318. The lowest BCUT2D eigenvalue weighted by molar-refractivity contribution is 0.470. The van der Waals surface area contributed by atoms with E-state index in [1.165, 1.54) is 6.33 Å². The van der Waals surface area contributed by atoms with Gasteiger partial charge in [-0.25, -0.2) is 15.0 Å². The first-order chi connectivity index (χ1) is 15.2. The van der Waals surface area contributed by atoms with E-state index in [4.69, 9.17) is 14.8 Å². The Bertz CT molecular complexity index is 1370. The largest absolute Gasteiger partial charge is 0.508 e. The van der Waals surface area contributed by atoms with Crippen LogP contribution in [0.2, 0.25) is 0 Å². The molecule has 0 spiro atoms. The van der Waals surface area contributed by atoms with Crippen molar-refractivity contribution in [1.82, 2.24) is 19.5 Å². The highest BCUT2D eigenvalue weighted by atomic mass is 16.3. The Kier molecular flexibility index (Phi) is 3.19. The van der Waals surface area contributed by atoms with Crippen LogP contribution in [0.1, 0.15) is 33.8 Å². The number of aromatic hydroxyl groups is 1. The van der Waals surface area contributed by atoms with E-state index in [2.05, 4.69) is 14.9 Å². The van der Waals surface area contributed by atoms with Gasteiger partial charge in [0.2, 0.25) is 0 Å².